The number of hydrogen-bond donors (Lipinski definition) is 0. The molecule has 0 saturated carbocycles. The highest BCUT2D eigenvalue weighted by Gasteiger charge is 2.25. The van der Waals surface area contributed by atoms with E-state index in [1.165, 1.54) is 32.9 Å². The van der Waals surface area contributed by atoms with Crippen molar-refractivity contribution in [2.75, 3.05) is 0 Å². The van der Waals surface area contributed by atoms with E-state index >= 15 is 0 Å². The molecular formula is C19H19NO7. The van der Waals surface area contributed by atoms with Crippen LogP contribution in [0.2, 0.25) is 0 Å². The van der Waals surface area contributed by atoms with Gasteiger partial charge in [-0.1, -0.05) is 0 Å². The lowest BCUT2D eigenvalue weighted by Crippen LogP contribution is -2.28. The number of rotatable bonds is 3. The van der Waals surface area contributed by atoms with E-state index in [1.54, 1.807) is 4.57 Å². The zero-order chi connectivity index (χ0) is 19.7. The molecule has 1 aliphatic heterocycles. The topological polar surface area (TPSA) is 101 Å². The highest BCUT2D eigenvalue weighted by Crippen LogP contribution is 2.40. The molecule has 0 saturated heterocycles. The molecule has 0 spiro atoms. The van der Waals surface area contributed by atoms with Gasteiger partial charge in [-0.3, -0.25) is 19.2 Å². The van der Waals surface area contributed by atoms with Crippen LogP contribution in [-0.2, 0) is 27.3 Å². The van der Waals surface area contributed by atoms with E-state index in [9.17, 15) is 19.2 Å². The first kappa shape index (κ1) is 18.6. The number of ether oxygens (including phenoxy) is 3. The first-order valence-electron chi connectivity index (χ1n) is 8.56. The van der Waals surface area contributed by atoms with Crippen molar-refractivity contribution in [3.05, 3.63) is 28.2 Å². The number of hydrogen-bond acceptors (Lipinski definition) is 7. The van der Waals surface area contributed by atoms with Crippen LogP contribution in [0, 0.1) is 0 Å². The SMILES string of the molecule is CC(=O)Oc1cc(OC(C)=O)c2c(OC(C)=O)c3n(c(=O)c2c1)CCCC3. The molecule has 0 aliphatic carbocycles. The second-order valence-corrected chi connectivity index (χ2v) is 6.31. The molecule has 0 unspecified atom stereocenters. The molecule has 0 radical (unpaired) electrons. The van der Waals surface area contributed by atoms with E-state index in [-0.39, 0.29) is 33.6 Å². The molecule has 8 nitrogen and oxygen atoms in total. The van der Waals surface area contributed by atoms with Crippen LogP contribution in [0.1, 0.15) is 39.3 Å². The Kier molecular flexibility index (Phi) is 4.98. The van der Waals surface area contributed by atoms with Gasteiger partial charge in [0, 0.05) is 33.4 Å². The number of aromatic nitrogens is 1. The summed E-state index contributed by atoms with van der Waals surface area (Å²) in [6.45, 7) is 4.18. The second-order valence-electron chi connectivity index (χ2n) is 6.31. The van der Waals surface area contributed by atoms with Crippen LogP contribution in [0.25, 0.3) is 10.8 Å². The molecule has 8 heteroatoms. The van der Waals surface area contributed by atoms with Gasteiger partial charge in [0.2, 0.25) is 0 Å². The monoisotopic (exact) mass is 373 g/mol. The third-order valence-electron chi connectivity index (χ3n) is 4.17. The minimum Gasteiger partial charge on any atom is -0.427 e. The summed E-state index contributed by atoms with van der Waals surface area (Å²) in [5, 5.41) is 0.362. The van der Waals surface area contributed by atoms with E-state index in [0.29, 0.717) is 18.7 Å². The molecule has 0 atom stereocenters. The Balaban J connectivity index is 2.42. The van der Waals surface area contributed by atoms with Gasteiger partial charge in [-0.05, 0) is 25.3 Å². The zero-order valence-electron chi connectivity index (χ0n) is 15.3. The zero-order valence-corrected chi connectivity index (χ0v) is 15.3. The maximum atomic E-state index is 13.0. The van der Waals surface area contributed by atoms with E-state index in [1.807, 2.05) is 0 Å². The average Bonchev–Trinajstić information content (AvgIpc) is 2.57. The Labute approximate surface area is 154 Å². The molecule has 0 N–H and O–H groups in total. The van der Waals surface area contributed by atoms with Gasteiger partial charge >= 0.3 is 17.9 Å². The summed E-state index contributed by atoms with van der Waals surface area (Å²) in [6, 6.07) is 2.72. The molecule has 1 aromatic carbocycles. The molecular weight excluding hydrogens is 354 g/mol. The fourth-order valence-electron chi connectivity index (χ4n) is 3.29. The van der Waals surface area contributed by atoms with Crippen molar-refractivity contribution in [3.8, 4) is 17.2 Å². The molecule has 0 fully saturated rings. The summed E-state index contributed by atoms with van der Waals surface area (Å²) >= 11 is 0. The number of carbonyl (C=O) groups is 3. The third-order valence-corrected chi connectivity index (χ3v) is 4.17. The third kappa shape index (κ3) is 3.69. The van der Waals surface area contributed by atoms with Crippen molar-refractivity contribution in [1.29, 1.82) is 0 Å². The maximum Gasteiger partial charge on any atom is 0.308 e. The van der Waals surface area contributed by atoms with Crippen molar-refractivity contribution in [3.63, 3.8) is 0 Å². The quantitative estimate of drug-likeness (QED) is 0.600. The molecule has 2 aromatic rings. The molecule has 27 heavy (non-hydrogen) atoms. The van der Waals surface area contributed by atoms with Crippen LogP contribution in [0.5, 0.6) is 17.2 Å². The molecule has 142 valence electrons. The van der Waals surface area contributed by atoms with E-state index in [2.05, 4.69) is 0 Å². The molecule has 0 amide bonds. The summed E-state index contributed by atoms with van der Waals surface area (Å²) in [6.07, 6.45) is 2.21. The van der Waals surface area contributed by atoms with Gasteiger partial charge in [-0.25, -0.2) is 0 Å². The summed E-state index contributed by atoms with van der Waals surface area (Å²) in [7, 11) is 0. The van der Waals surface area contributed by atoms with Gasteiger partial charge < -0.3 is 18.8 Å². The summed E-state index contributed by atoms with van der Waals surface area (Å²) in [5.74, 6) is -1.50. The van der Waals surface area contributed by atoms with E-state index in [0.717, 1.165) is 12.8 Å². The van der Waals surface area contributed by atoms with Crippen LogP contribution in [0.15, 0.2) is 16.9 Å². The highest BCUT2D eigenvalue weighted by atomic mass is 16.6. The smallest absolute Gasteiger partial charge is 0.308 e. The molecule has 2 heterocycles. The van der Waals surface area contributed by atoms with Gasteiger partial charge in [0.1, 0.15) is 11.5 Å². The van der Waals surface area contributed by atoms with Gasteiger partial charge in [-0.15, -0.1) is 0 Å². The number of pyridine rings is 1. The van der Waals surface area contributed by atoms with Crippen molar-refractivity contribution < 1.29 is 28.6 Å². The predicted molar refractivity (Wildman–Crippen MR) is 95.1 cm³/mol. The van der Waals surface area contributed by atoms with Gasteiger partial charge in [-0.2, -0.15) is 0 Å². The Morgan fingerprint density at radius 3 is 2.22 bits per heavy atom. The summed E-state index contributed by atoms with van der Waals surface area (Å²) in [5.41, 5.74) is 0.264. The van der Waals surface area contributed by atoms with Crippen molar-refractivity contribution in [2.24, 2.45) is 0 Å². The van der Waals surface area contributed by atoms with Crippen LogP contribution in [0.4, 0.5) is 0 Å². The maximum absolute atomic E-state index is 13.0. The van der Waals surface area contributed by atoms with Crippen LogP contribution < -0.4 is 19.8 Å². The first-order chi connectivity index (χ1) is 12.8. The molecule has 3 rings (SSSR count). The molecule has 1 aliphatic rings. The largest absolute Gasteiger partial charge is 0.427 e. The van der Waals surface area contributed by atoms with Crippen LogP contribution >= 0.6 is 0 Å². The van der Waals surface area contributed by atoms with Crippen molar-refractivity contribution in [2.45, 2.75) is 46.6 Å². The Morgan fingerprint density at radius 1 is 0.926 bits per heavy atom. The Bertz CT molecular complexity index is 1020. The minimum absolute atomic E-state index is 0.00132. The number of fused-ring (bicyclic) bond motifs is 2. The molecule has 1 aromatic heterocycles. The lowest BCUT2D eigenvalue weighted by Gasteiger charge is -2.23. The number of nitrogens with zero attached hydrogens (tertiary/aromatic N) is 1. The second kappa shape index (κ2) is 7.22. The average molecular weight is 373 g/mol. The highest BCUT2D eigenvalue weighted by molar-refractivity contribution is 5.98. The van der Waals surface area contributed by atoms with E-state index < -0.39 is 17.9 Å². The number of benzene rings is 1. The van der Waals surface area contributed by atoms with Crippen LogP contribution in [0.3, 0.4) is 0 Å². The van der Waals surface area contributed by atoms with Gasteiger partial charge in [0.25, 0.3) is 5.56 Å². The van der Waals surface area contributed by atoms with Crippen molar-refractivity contribution >= 4 is 28.7 Å². The fraction of sp³-hybridized carbons (Fsp3) is 0.368. The Hall–Kier alpha value is -3.16. The Morgan fingerprint density at radius 2 is 1.59 bits per heavy atom. The first-order valence-corrected chi connectivity index (χ1v) is 8.56. The minimum atomic E-state index is -0.622. The molecule has 0 bridgehead atoms. The lowest BCUT2D eigenvalue weighted by molar-refractivity contribution is -0.132. The van der Waals surface area contributed by atoms with Crippen LogP contribution in [-0.4, -0.2) is 22.5 Å². The number of carbonyl (C=O) groups excluding carboxylic acids is 3. The standard InChI is InChI=1S/C19H19NO7/c1-10(21)25-13-8-14-17(16(9-13)26-11(2)22)18(27-12(3)23)15-6-4-5-7-20(15)19(14)24/h8-9H,4-7H2,1-3H3. The number of esters is 3. The van der Waals surface area contributed by atoms with Gasteiger partial charge in [0.05, 0.1) is 16.5 Å². The van der Waals surface area contributed by atoms with E-state index in [4.69, 9.17) is 14.2 Å². The summed E-state index contributed by atoms with van der Waals surface area (Å²) in [4.78, 5) is 47.6. The summed E-state index contributed by atoms with van der Waals surface area (Å²) < 4.78 is 17.3. The fourth-order valence-corrected chi connectivity index (χ4v) is 3.29. The normalized spacial score (nSPS) is 13.0. The van der Waals surface area contributed by atoms with Gasteiger partial charge in [0.15, 0.2) is 5.75 Å². The predicted octanol–water partition coefficient (Wildman–Crippen LogP) is 2.11. The lowest BCUT2D eigenvalue weighted by atomic mass is 10.0. The van der Waals surface area contributed by atoms with Crippen molar-refractivity contribution in [1.82, 2.24) is 4.57 Å².